The van der Waals surface area contributed by atoms with E-state index in [1.807, 2.05) is 10.6 Å². The summed E-state index contributed by atoms with van der Waals surface area (Å²) < 4.78 is 24.1. The molecule has 37 heavy (non-hydrogen) atoms. The second-order valence-electron chi connectivity index (χ2n) is 8.52. The van der Waals surface area contributed by atoms with Crippen molar-refractivity contribution in [1.29, 1.82) is 0 Å². The Balaban J connectivity index is 1.49. The molecule has 6 aromatic rings. The minimum atomic E-state index is -0.410. The van der Waals surface area contributed by atoms with Crippen LogP contribution < -0.4 is 4.74 Å². The SMILES string of the molecule is [C-]#[N+]c1ccc2ncn(-c3ncc4nc(-c5cncnc5)n([C@@H]5CCOc6c(F)cccc65)c4n3)c2c1. The summed E-state index contributed by atoms with van der Waals surface area (Å²) in [5.74, 6) is 0.792. The van der Waals surface area contributed by atoms with Crippen LogP contribution in [0.5, 0.6) is 5.75 Å². The predicted octanol–water partition coefficient (Wildman–Crippen LogP) is 4.68. The van der Waals surface area contributed by atoms with E-state index in [4.69, 9.17) is 21.3 Å². The first-order valence-electron chi connectivity index (χ1n) is 11.5. The fraction of sp³-hybridized carbons (Fsp3) is 0.115. The number of rotatable bonds is 3. The maximum atomic E-state index is 14.7. The van der Waals surface area contributed by atoms with E-state index < -0.39 is 5.82 Å². The average molecular weight is 489 g/mol. The summed E-state index contributed by atoms with van der Waals surface area (Å²) in [7, 11) is 0. The van der Waals surface area contributed by atoms with Crippen LogP contribution in [-0.2, 0) is 0 Å². The van der Waals surface area contributed by atoms with E-state index in [-0.39, 0.29) is 11.8 Å². The van der Waals surface area contributed by atoms with E-state index in [9.17, 15) is 4.39 Å². The zero-order valence-corrected chi connectivity index (χ0v) is 19.2. The summed E-state index contributed by atoms with van der Waals surface area (Å²) in [5.41, 5.74) is 4.47. The second kappa shape index (κ2) is 8.17. The van der Waals surface area contributed by atoms with Crippen molar-refractivity contribution in [1.82, 2.24) is 39.0 Å². The van der Waals surface area contributed by atoms with Crippen LogP contribution in [0.15, 0.2) is 67.6 Å². The minimum Gasteiger partial charge on any atom is -0.490 e. The van der Waals surface area contributed by atoms with E-state index >= 15 is 0 Å². The van der Waals surface area contributed by atoms with Gasteiger partial charge >= 0.3 is 0 Å². The van der Waals surface area contributed by atoms with Crippen molar-refractivity contribution in [3.63, 3.8) is 0 Å². The van der Waals surface area contributed by atoms with Gasteiger partial charge < -0.3 is 9.30 Å². The van der Waals surface area contributed by atoms with Crippen molar-refractivity contribution in [2.75, 3.05) is 6.61 Å². The van der Waals surface area contributed by atoms with Crippen molar-refractivity contribution in [2.45, 2.75) is 12.5 Å². The minimum absolute atomic E-state index is 0.234. The number of hydrogen-bond acceptors (Lipinski definition) is 7. The van der Waals surface area contributed by atoms with Crippen LogP contribution in [0.1, 0.15) is 18.0 Å². The first-order valence-corrected chi connectivity index (χ1v) is 11.5. The molecule has 178 valence electrons. The average Bonchev–Trinajstić information content (AvgIpc) is 3.54. The molecule has 5 heterocycles. The van der Waals surface area contributed by atoms with Crippen LogP contribution in [0.3, 0.4) is 0 Å². The Labute approximate surface area is 208 Å². The van der Waals surface area contributed by atoms with E-state index in [0.717, 1.165) is 5.52 Å². The lowest BCUT2D eigenvalue weighted by atomic mass is 9.99. The molecule has 0 spiro atoms. The number of benzene rings is 2. The summed E-state index contributed by atoms with van der Waals surface area (Å²) in [6.07, 6.45) is 8.68. The number of ether oxygens (including phenoxy) is 1. The molecule has 0 fully saturated rings. The van der Waals surface area contributed by atoms with Crippen molar-refractivity contribution < 1.29 is 9.13 Å². The number of nitrogens with zero attached hydrogens (tertiary/aromatic N) is 9. The molecule has 0 radical (unpaired) electrons. The van der Waals surface area contributed by atoms with Crippen LogP contribution in [0.4, 0.5) is 10.1 Å². The molecule has 0 unspecified atom stereocenters. The molecule has 0 saturated heterocycles. The van der Waals surface area contributed by atoms with E-state index in [1.165, 1.54) is 12.4 Å². The Bertz CT molecular complexity index is 1860. The molecule has 0 aliphatic carbocycles. The van der Waals surface area contributed by atoms with Crippen LogP contribution in [0.25, 0.3) is 44.4 Å². The summed E-state index contributed by atoms with van der Waals surface area (Å²) in [6, 6.07) is 9.90. The van der Waals surface area contributed by atoms with Crippen molar-refractivity contribution in [3.8, 4) is 23.1 Å². The number of halogens is 1. The van der Waals surface area contributed by atoms with Crippen molar-refractivity contribution >= 4 is 27.9 Å². The molecule has 0 bridgehead atoms. The molecule has 0 amide bonds. The third-order valence-corrected chi connectivity index (χ3v) is 6.42. The lowest BCUT2D eigenvalue weighted by molar-refractivity contribution is 0.246. The standard InChI is InChI=1S/C26H16FN9O/c1-28-16-5-6-19-22(9-16)35(14-32-19)26-31-12-20-25(34-26)36(24(33-20)15-10-29-13-30-11-15)21-7-8-37-23-17(21)3-2-4-18(23)27/h2-6,9-14,21H,7-8H2/t21-/m1/s1. The highest BCUT2D eigenvalue weighted by molar-refractivity contribution is 5.82. The number of para-hydroxylation sites is 1. The van der Waals surface area contributed by atoms with Gasteiger partial charge in [0.1, 0.15) is 24.0 Å². The van der Waals surface area contributed by atoms with Crippen LogP contribution in [0.2, 0.25) is 0 Å². The van der Waals surface area contributed by atoms with Gasteiger partial charge in [0.2, 0.25) is 5.95 Å². The maximum Gasteiger partial charge on any atom is 0.237 e. The predicted molar refractivity (Wildman–Crippen MR) is 132 cm³/mol. The molecular formula is C26H16FN9O. The fourth-order valence-corrected chi connectivity index (χ4v) is 4.77. The van der Waals surface area contributed by atoms with Gasteiger partial charge in [-0.3, -0.25) is 4.57 Å². The lowest BCUT2D eigenvalue weighted by Gasteiger charge is -2.28. The van der Waals surface area contributed by atoms with Crippen LogP contribution in [0, 0.1) is 12.4 Å². The van der Waals surface area contributed by atoms with Gasteiger partial charge in [0.15, 0.2) is 22.9 Å². The summed E-state index contributed by atoms with van der Waals surface area (Å²) in [4.78, 5) is 30.6. The summed E-state index contributed by atoms with van der Waals surface area (Å²) in [6.45, 7) is 7.70. The number of hydrogen-bond donors (Lipinski definition) is 0. The van der Waals surface area contributed by atoms with Crippen molar-refractivity contribution in [2.24, 2.45) is 0 Å². The van der Waals surface area contributed by atoms with Gasteiger partial charge in [0.05, 0.1) is 42.0 Å². The molecule has 4 aromatic heterocycles. The van der Waals surface area contributed by atoms with Gasteiger partial charge in [-0.1, -0.05) is 18.2 Å². The third kappa shape index (κ3) is 3.30. The number of fused-ring (bicyclic) bond motifs is 3. The molecule has 0 N–H and O–H groups in total. The topological polar surface area (TPSA) is 101 Å². The van der Waals surface area contributed by atoms with Gasteiger partial charge in [0.25, 0.3) is 0 Å². The molecule has 1 aliphatic rings. The molecule has 7 rings (SSSR count). The quantitative estimate of drug-likeness (QED) is 0.333. The molecule has 2 aromatic carbocycles. The zero-order valence-electron chi connectivity index (χ0n) is 19.2. The van der Waals surface area contributed by atoms with E-state index in [1.54, 1.807) is 53.8 Å². The van der Waals surface area contributed by atoms with Crippen LogP contribution >= 0.6 is 0 Å². The van der Waals surface area contributed by atoms with E-state index in [2.05, 4.69) is 24.8 Å². The Morgan fingerprint density at radius 1 is 1.03 bits per heavy atom. The highest BCUT2D eigenvalue weighted by Crippen LogP contribution is 2.40. The molecular weight excluding hydrogens is 473 g/mol. The second-order valence-corrected chi connectivity index (χ2v) is 8.52. The Kier molecular flexibility index (Phi) is 4.65. The first-order chi connectivity index (χ1) is 18.2. The first kappa shape index (κ1) is 21.1. The summed E-state index contributed by atoms with van der Waals surface area (Å²) in [5, 5.41) is 0. The summed E-state index contributed by atoms with van der Waals surface area (Å²) >= 11 is 0. The van der Waals surface area contributed by atoms with Gasteiger partial charge in [-0.05, 0) is 18.2 Å². The zero-order chi connectivity index (χ0) is 24.9. The molecule has 11 heteroatoms. The van der Waals surface area contributed by atoms with Crippen molar-refractivity contribution in [3.05, 3.63) is 90.4 Å². The Morgan fingerprint density at radius 2 is 1.92 bits per heavy atom. The molecule has 1 atom stereocenters. The lowest BCUT2D eigenvalue weighted by Crippen LogP contribution is -2.22. The maximum absolute atomic E-state index is 14.7. The van der Waals surface area contributed by atoms with Crippen LogP contribution in [-0.4, -0.2) is 45.6 Å². The van der Waals surface area contributed by atoms with Gasteiger partial charge in [-0.15, -0.1) is 0 Å². The third-order valence-electron chi connectivity index (χ3n) is 6.42. The molecule has 0 saturated carbocycles. The van der Waals surface area contributed by atoms with Gasteiger partial charge in [-0.25, -0.2) is 34.2 Å². The van der Waals surface area contributed by atoms with Gasteiger partial charge in [0, 0.05) is 24.4 Å². The normalized spacial score (nSPS) is 14.9. The Hall–Kier alpha value is -5.24. The smallest absolute Gasteiger partial charge is 0.237 e. The molecule has 10 nitrogen and oxygen atoms in total. The number of aromatic nitrogens is 8. The fourth-order valence-electron chi connectivity index (χ4n) is 4.77. The molecule has 1 aliphatic heterocycles. The number of imidazole rings is 2. The monoisotopic (exact) mass is 489 g/mol. The largest absolute Gasteiger partial charge is 0.490 e. The van der Waals surface area contributed by atoms with Gasteiger partial charge in [-0.2, -0.15) is 4.98 Å². The Morgan fingerprint density at radius 3 is 2.78 bits per heavy atom. The van der Waals surface area contributed by atoms with E-state index in [0.29, 0.717) is 58.3 Å². The highest BCUT2D eigenvalue weighted by atomic mass is 19.1. The highest BCUT2D eigenvalue weighted by Gasteiger charge is 2.30.